The van der Waals surface area contributed by atoms with Gasteiger partial charge < -0.3 is 9.47 Å². The zero-order valence-corrected chi connectivity index (χ0v) is 36.5. The molecule has 1 heterocycles. The van der Waals surface area contributed by atoms with Gasteiger partial charge in [0.1, 0.15) is 0 Å². The maximum Gasteiger partial charge on any atom is 0.0547 e. The second kappa shape index (κ2) is 15.6. The second-order valence-electron chi connectivity index (χ2n) is 17.7. The lowest BCUT2D eigenvalue weighted by Crippen LogP contribution is -2.15. The smallest absolute Gasteiger partial charge is 0.0547 e. The van der Waals surface area contributed by atoms with Crippen LogP contribution in [0.1, 0.15) is 25.0 Å². The van der Waals surface area contributed by atoms with E-state index in [0.717, 1.165) is 28.2 Å². The monoisotopic (exact) mass is 830 g/mol. The fourth-order valence-electron chi connectivity index (χ4n) is 10.4. The van der Waals surface area contributed by atoms with Gasteiger partial charge in [-0.2, -0.15) is 0 Å². The number of aromatic nitrogens is 1. The van der Waals surface area contributed by atoms with Crippen molar-refractivity contribution in [1.82, 2.24) is 4.57 Å². The van der Waals surface area contributed by atoms with Crippen LogP contribution in [-0.2, 0) is 5.41 Å². The topological polar surface area (TPSA) is 8.17 Å². The molecule has 1 aliphatic rings. The molecule has 1 aromatic heterocycles. The van der Waals surface area contributed by atoms with Gasteiger partial charge in [0.25, 0.3) is 0 Å². The summed E-state index contributed by atoms with van der Waals surface area (Å²) in [6.45, 7) is 4.72. The first-order valence-electron chi connectivity index (χ1n) is 22.6. The summed E-state index contributed by atoms with van der Waals surface area (Å²) >= 11 is 0. The molecule has 0 saturated carbocycles. The van der Waals surface area contributed by atoms with E-state index in [2.05, 4.69) is 266 Å². The molecule has 65 heavy (non-hydrogen) atoms. The fourth-order valence-corrected chi connectivity index (χ4v) is 10.4. The molecule has 0 atom stereocenters. The predicted octanol–water partition coefficient (Wildman–Crippen LogP) is 17.2. The van der Waals surface area contributed by atoms with Gasteiger partial charge in [0.05, 0.1) is 16.7 Å². The number of fused-ring (bicyclic) bond motifs is 6. The number of rotatable bonds is 8. The van der Waals surface area contributed by atoms with Gasteiger partial charge in [-0.25, -0.2) is 0 Å². The zero-order chi connectivity index (χ0) is 43.5. The van der Waals surface area contributed by atoms with Crippen molar-refractivity contribution in [2.45, 2.75) is 19.3 Å². The molecule has 0 fully saturated rings. The van der Waals surface area contributed by atoms with Crippen molar-refractivity contribution in [2.75, 3.05) is 4.90 Å². The van der Waals surface area contributed by atoms with Crippen molar-refractivity contribution in [3.05, 3.63) is 254 Å². The highest BCUT2D eigenvalue weighted by Crippen LogP contribution is 2.50. The first-order valence-corrected chi connectivity index (χ1v) is 22.6. The first kappa shape index (κ1) is 38.5. The molecule has 12 rings (SSSR count). The Labute approximate surface area is 381 Å². The molecule has 10 aromatic carbocycles. The van der Waals surface area contributed by atoms with Crippen LogP contribution in [0.4, 0.5) is 17.1 Å². The highest BCUT2D eigenvalue weighted by Gasteiger charge is 2.35. The minimum atomic E-state index is -0.0879. The number of nitrogens with zero attached hydrogens (tertiary/aromatic N) is 2. The molecule has 0 amide bonds. The van der Waals surface area contributed by atoms with E-state index in [-0.39, 0.29) is 5.41 Å². The Morgan fingerprint density at radius 1 is 0.338 bits per heavy atom. The zero-order valence-electron chi connectivity index (χ0n) is 36.5. The lowest BCUT2D eigenvalue weighted by atomic mass is 9.82. The van der Waals surface area contributed by atoms with Crippen LogP contribution in [0.15, 0.2) is 243 Å². The van der Waals surface area contributed by atoms with E-state index in [1.54, 1.807) is 0 Å². The van der Waals surface area contributed by atoms with Crippen molar-refractivity contribution >= 4 is 38.9 Å². The van der Waals surface area contributed by atoms with Gasteiger partial charge in [0.15, 0.2) is 0 Å². The summed E-state index contributed by atoms with van der Waals surface area (Å²) in [4.78, 5) is 2.40. The molecule has 0 spiro atoms. The quantitative estimate of drug-likeness (QED) is 0.148. The number of hydrogen-bond donors (Lipinski definition) is 0. The summed E-state index contributed by atoms with van der Waals surface area (Å²) in [6, 6.07) is 88.7. The molecule has 11 aromatic rings. The molecular weight excluding hydrogens is 785 g/mol. The average molecular weight is 831 g/mol. The molecule has 2 heteroatoms. The molecule has 0 radical (unpaired) electrons. The van der Waals surface area contributed by atoms with E-state index in [1.165, 1.54) is 83.1 Å². The first-order chi connectivity index (χ1) is 32.0. The average Bonchev–Trinajstić information content (AvgIpc) is 3.83. The number of benzene rings is 10. The van der Waals surface area contributed by atoms with E-state index in [4.69, 9.17) is 0 Å². The Bertz CT molecular complexity index is 3460. The molecule has 2 nitrogen and oxygen atoms in total. The van der Waals surface area contributed by atoms with Crippen molar-refractivity contribution in [3.63, 3.8) is 0 Å². The van der Waals surface area contributed by atoms with E-state index in [1.807, 2.05) is 0 Å². The minimum absolute atomic E-state index is 0.0879. The molecule has 308 valence electrons. The van der Waals surface area contributed by atoms with Crippen LogP contribution in [0.2, 0.25) is 0 Å². The normalized spacial score (nSPS) is 12.6. The summed E-state index contributed by atoms with van der Waals surface area (Å²) in [7, 11) is 0. The van der Waals surface area contributed by atoms with Crippen molar-refractivity contribution in [3.8, 4) is 61.3 Å². The van der Waals surface area contributed by atoms with Crippen LogP contribution >= 0.6 is 0 Å². The SMILES string of the molecule is CC1(C)c2ccccc2-c2ccc(-n3c4ccccc4c4c(-c5cccc(-c6ccccc6N(c6ccc(-c7ccccc7)cc6)c6ccc(-c7ccccc7)cc6)c5)cccc43)cc21. The Morgan fingerprint density at radius 2 is 0.831 bits per heavy atom. The maximum atomic E-state index is 2.47. The largest absolute Gasteiger partial charge is 0.310 e. The number of anilines is 3. The highest BCUT2D eigenvalue weighted by molar-refractivity contribution is 6.16. The van der Waals surface area contributed by atoms with E-state index >= 15 is 0 Å². The lowest BCUT2D eigenvalue weighted by Gasteiger charge is -2.28. The van der Waals surface area contributed by atoms with E-state index < -0.39 is 0 Å². The van der Waals surface area contributed by atoms with Gasteiger partial charge in [-0.1, -0.05) is 196 Å². The third-order valence-corrected chi connectivity index (χ3v) is 13.6. The van der Waals surface area contributed by atoms with Crippen LogP contribution in [0, 0.1) is 0 Å². The van der Waals surface area contributed by atoms with Crippen LogP contribution in [0.5, 0.6) is 0 Å². The molecule has 0 unspecified atom stereocenters. The standard InChI is InChI=1S/C63H46N2/c1-63(2)57-27-12-9-24-54(57)55-40-39-51(42-58(55)63)65-60-29-14-11-25-56(60)62-53(26-16-30-61(62)65)48-22-15-21-47(41-48)52-23-10-13-28-59(52)64(49-35-31-45(32-36-49)43-17-5-3-6-18-43)50-37-33-46(34-38-50)44-19-7-4-8-20-44/h3-42H,1-2H3. The summed E-state index contributed by atoms with van der Waals surface area (Å²) in [6.07, 6.45) is 0. The van der Waals surface area contributed by atoms with Gasteiger partial charge in [0, 0.05) is 38.8 Å². The van der Waals surface area contributed by atoms with Gasteiger partial charge in [-0.3, -0.25) is 0 Å². The maximum absolute atomic E-state index is 2.47. The van der Waals surface area contributed by atoms with Gasteiger partial charge in [-0.05, 0) is 122 Å². The number of para-hydroxylation sites is 2. The molecule has 1 aliphatic carbocycles. The van der Waals surface area contributed by atoms with Crippen LogP contribution in [0.25, 0.3) is 83.1 Å². The molecule has 0 saturated heterocycles. The summed E-state index contributed by atoms with van der Waals surface area (Å²) in [5, 5.41) is 2.51. The Morgan fingerprint density at radius 3 is 1.52 bits per heavy atom. The summed E-state index contributed by atoms with van der Waals surface area (Å²) < 4.78 is 2.47. The number of hydrogen-bond acceptors (Lipinski definition) is 1. The Kier molecular flexibility index (Phi) is 9.21. The highest BCUT2D eigenvalue weighted by atomic mass is 15.1. The third-order valence-electron chi connectivity index (χ3n) is 13.6. The van der Waals surface area contributed by atoms with E-state index in [9.17, 15) is 0 Å². The fraction of sp³-hybridized carbons (Fsp3) is 0.0476. The van der Waals surface area contributed by atoms with Gasteiger partial charge >= 0.3 is 0 Å². The van der Waals surface area contributed by atoms with Gasteiger partial charge in [0.2, 0.25) is 0 Å². The lowest BCUT2D eigenvalue weighted by molar-refractivity contribution is 0.660. The molecule has 0 aliphatic heterocycles. The minimum Gasteiger partial charge on any atom is -0.310 e. The predicted molar refractivity (Wildman–Crippen MR) is 275 cm³/mol. The van der Waals surface area contributed by atoms with Crippen LogP contribution in [-0.4, -0.2) is 4.57 Å². The van der Waals surface area contributed by atoms with E-state index in [0.29, 0.717) is 0 Å². The van der Waals surface area contributed by atoms with Crippen LogP contribution in [0.3, 0.4) is 0 Å². The Hall–Kier alpha value is -8.20. The van der Waals surface area contributed by atoms with Crippen LogP contribution < -0.4 is 4.90 Å². The van der Waals surface area contributed by atoms with Crippen molar-refractivity contribution in [2.24, 2.45) is 0 Å². The molecule has 0 N–H and O–H groups in total. The second-order valence-corrected chi connectivity index (χ2v) is 17.7. The third kappa shape index (κ3) is 6.49. The molecule has 0 bridgehead atoms. The molecular formula is C63H46N2. The Balaban J connectivity index is 0.982. The van der Waals surface area contributed by atoms with Crippen molar-refractivity contribution in [1.29, 1.82) is 0 Å². The van der Waals surface area contributed by atoms with Gasteiger partial charge in [-0.15, -0.1) is 0 Å². The summed E-state index contributed by atoms with van der Waals surface area (Å²) in [5.74, 6) is 0. The summed E-state index contributed by atoms with van der Waals surface area (Å²) in [5.41, 5.74) is 21.8. The van der Waals surface area contributed by atoms with Crippen molar-refractivity contribution < 1.29 is 0 Å².